The Morgan fingerprint density at radius 3 is 2.70 bits per heavy atom. The number of nitrogens with zero attached hydrogens (tertiary/aromatic N) is 2. The molecular weight excluding hydrogens is 400 g/mol. The van der Waals surface area contributed by atoms with Crippen LogP contribution in [0.1, 0.15) is 34.3 Å². The van der Waals surface area contributed by atoms with Crippen LogP contribution in [0.2, 0.25) is 5.15 Å². The van der Waals surface area contributed by atoms with Gasteiger partial charge in [-0.3, -0.25) is 14.2 Å². The van der Waals surface area contributed by atoms with Crippen molar-refractivity contribution in [2.75, 3.05) is 11.9 Å². The van der Waals surface area contributed by atoms with E-state index in [1.807, 2.05) is 43.3 Å². The fourth-order valence-corrected chi connectivity index (χ4v) is 3.42. The summed E-state index contributed by atoms with van der Waals surface area (Å²) in [5, 5.41) is 6.27. The van der Waals surface area contributed by atoms with Crippen LogP contribution in [0.3, 0.4) is 0 Å². The number of amides is 1. The van der Waals surface area contributed by atoms with Crippen molar-refractivity contribution in [1.29, 1.82) is 0 Å². The maximum absolute atomic E-state index is 13.1. The van der Waals surface area contributed by atoms with E-state index in [9.17, 15) is 9.59 Å². The van der Waals surface area contributed by atoms with Crippen LogP contribution in [-0.4, -0.2) is 28.0 Å². The minimum Gasteiger partial charge on any atom is -0.365 e. The number of benzene rings is 2. The highest BCUT2D eigenvalue weighted by molar-refractivity contribution is 6.29. The fourth-order valence-electron chi connectivity index (χ4n) is 3.23. The molecule has 4 rings (SSSR count). The highest BCUT2D eigenvalue weighted by Crippen LogP contribution is 2.21. The molecule has 0 unspecified atom stereocenters. The van der Waals surface area contributed by atoms with Crippen LogP contribution in [0.4, 0.5) is 5.82 Å². The van der Waals surface area contributed by atoms with Gasteiger partial charge in [0, 0.05) is 18.2 Å². The Balaban J connectivity index is 1.59. The summed E-state index contributed by atoms with van der Waals surface area (Å²) in [6.07, 6.45) is 4.27. The van der Waals surface area contributed by atoms with E-state index in [2.05, 4.69) is 15.6 Å². The van der Waals surface area contributed by atoms with E-state index < -0.39 is 0 Å². The molecule has 1 heterocycles. The van der Waals surface area contributed by atoms with Crippen molar-refractivity contribution in [2.45, 2.75) is 32.2 Å². The van der Waals surface area contributed by atoms with E-state index in [0.29, 0.717) is 17.8 Å². The van der Waals surface area contributed by atoms with Crippen molar-refractivity contribution in [3.05, 3.63) is 86.9 Å². The zero-order valence-corrected chi connectivity index (χ0v) is 17.4. The van der Waals surface area contributed by atoms with Gasteiger partial charge in [0.1, 0.15) is 5.15 Å². The molecule has 6 nitrogen and oxygen atoms in total. The average molecular weight is 423 g/mol. The van der Waals surface area contributed by atoms with Crippen LogP contribution in [-0.2, 0) is 6.42 Å². The van der Waals surface area contributed by atoms with Crippen molar-refractivity contribution >= 4 is 23.3 Å². The highest BCUT2D eigenvalue weighted by Gasteiger charge is 2.24. The molecule has 0 radical (unpaired) electrons. The van der Waals surface area contributed by atoms with E-state index in [-0.39, 0.29) is 28.5 Å². The standard InChI is InChI=1S/C23H23ClN4O2/c1-15-7-8-17(22(29)26-18-9-10-18)13-19(15)28-14-20(24)27-21(23(28)30)25-12-11-16-5-3-2-4-6-16/h2-8,13-14,18H,9-12H2,1H3,(H,25,27)(H,26,29). The van der Waals surface area contributed by atoms with Crippen molar-refractivity contribution in [3.63, 3.8) is 0 Å². The van der Waals surface area contributed by atoms with E-state index in [1.54, 1.807) is 12.1 Å². The molecule has 7 heteroatoms. The smallest absolute Gasteiger partial charge is 0.297 e. The maximum atomic E-state index is 13.1. The van der Waals surface area contributed by atoms with Gasteiger partial charge in [-0.05, 0) is 49.4 Å². The molecule has 154 valence electrons. The first-order chi connectivity index (χ1) is 14.5. The Hall–Kier alpha value is -3.12. The summed E-state index contributed by atoms with van der Waals surface area (Å²) in [5.41, 5.74) is 2.84. The van der Waals surface area contributed by atoms with Gasteiger partial charge in [0.15, 0.2) is 5.82 Å². The average Bonchev–Trinajstić information content (AvgIpc) is 3.55. The molecule has 1 saturated carbocycles. The molecule has 1 aromatic heterocycles. The molecule has 1 aliphatic carbocycles. The number of anilines is 1. The molecule has 0 bridgehead atoms. The highest BCUT2D eigenvalue weighted by atomic mass is 35.5. The second-order valence-corrected chi connectivity index (χ2v) is 7.89. The van der Waals surface area contributed by atoms with Gasteiger partial charge in [0.05, 0.1) is 11.9 Å². The number of hydrogen-bond acceptors (Lipinski definition) is 4. The zero-order chi connectivity index (χ0) is 21.1. The number of aryl methyl sites for hydroxylation is 1. The number of nitrogens with one attached hydrogen (secondary N) is 2. The predicted molar refractivity (Wildman–Crippen MR) is 119 cm³/mol. The van der Waals surface area contributed by atoms with Gasteiger partial charge >= 0.3 is 0 Å². The molecule has 1 amide bonds. The van der Waals surface area contributed by atoms with Crippen LogP contribution in [0, 0.1) is 6.92 Å². The Kier molecular flexibility index (Phi) is 5.86. The lowest BCUT2D eigenvalue weighted by molar-refractivity contribution is 0.0951. The van der Waals surface area contributed by atoms with Gasteiger partial charge in [0.25, 0.3) is 11.5 Å². The summed E-state index contributed by atoms with van der Waals surface area (Å²) in [4.78, 5) is 29.7. The molecule has 0 spiro atoms. The van der Waals surface area contributed by atoms with Gasteiger partial charge < -0.3 is 10.6 Å². The molecular formula is C23H23ClN4O2. The third-order valence-corrected chi connectivity index (χ3v) is 5.25. The third kappa shape index (κ3) is 4.71. The minimum atomic E-state index is -0.310. The second kappa shape index (κ2) is 8.71. The maximum Gasteiger partial charge on any atom is 0.297 e. The van der Waals surface area contributed by atoms with Crippen LogP contribution >= 0.6 is 11.6 Å². The van der Waals surface area contributed by atoms with Crippen LogP contribution < -0.4 is 16.2 Å². The summed E-state index contributed by atoms with van der Waals surface area (Å²) in [5.74, 6) is 0.0545. The zero-order valence-electron chi connectivity index (χ0n) is 16.7. The van der Waals surface area contributed by atoms with E-state index in [4.69, 9.17) is 11.6 Å². The SMILES string of the molecule is Cc1ccc(C(=O)NC2CC2)cc1-n1cc(Cl)nc(NCCc2ccccc2)c1=O. The molecule has 2 aromatic carbocycles. The first-order valence-electron chi connectivity index (χ1n) is 10.00. The molecule has 30 heavy (non-hydrogen) atoms. The largest absolute Gasteiger partial charge is 0.365 e. The fraction of sp³-hybridized carbons (Fsp3) is 0.261. The monoisotopic (exact) mass is 422 g/mol. The van der Waals surface area contributed by atoms with Crippen LogP contribution in [0.5, 0.6) is 0 Å². The van der Waals surface area contributed by atoms with Crippen molar-refractivity contribution in [2.24, 2.45) is 0 Å². The number of halogens is 1. The lowest BCUT2D eigenvalue weighted by atomic mass is 10.1. The molecule has 0 saturated heterocycles. The first-order valence-corrected chi connectivity index (χ1v) is 10.4. The Labute approximate surface area is 179 Å². The summed E-state index contributed by atoms with van der Waals surface area (Å²) in [6.45, 7) is 2.44. The number of carbonyl (C=O) groups excluding carboxylic acids is 1. The van der Waals surface area contributed by atoms with Crippen molar-refractivity contribution in [1.82, 2.24) is 14.9 Å². The lowest BCUT2D eigenvalue weighted by Crippen LogP contribution is -2.27. The minimum absolute atomic E-state index is 0.131. The Morgan fingerprint density at radius 2 is 1.97 bits per heavy atom. The van der Waals surface area contributed by atoms with Gasteiger partial charge in [-0.2, -0.15) is 0 Å². The normalized spacial score (nSPS) is 13.1. The van der Waals surface area contributed by atoms with E-state index >= 15 is 0 Å². The number of hydrogen-bond donors (Lipinski definition) is 2. The van der Waals surface area contributed by atoms with Crippen LogP contribution in [0.25, 0.3) is 5.69 Å². The molecule has 2 N–H and O–H groups in total. The van der Waals surface area contributed by atoms with Crippen molar-refractivity contribution in [3.8, 4) is 5.69 Å². The summed E-state index contributed by atoms with van der Waals surface area (Å²) >= 11 is 6.21. The second-order valence-electron chi connectivity index (χ2n) is 7.50. The topological polar surface area (TPSA) is 76.0 Å². The van der Waals surface area contributed by atoms with Gasteiger partial charge in [-0.25, -0.2) is 4.98 Å². The molecule has 0 atom stereocenters. The Morgan fingerprint density at radius 1 is 1.20 bits per heavy atom. The molecule has 1 aliphatic rings. The van der Waals surface area contributed by atoms with E-state index in [0.717, 1.165) is 30.4 Å². The summed E-state index contributed by atoms with van der Waals surface area (Å²) in [7, 11) is 0. The van der Waals surface area contributed by atoms with Gasteiger partial charge in [-0.15, -0.1) is 0 Å². The predicted octanol–water partition coefficient (Wildman–Crippen LogP) is 3.74. The van der Waals surface area contributed by atoms with Crippen molar-refractivity contribution < 1.29 is 4.79 Å². The van der Waals surface area contributed by atoms with Gasteiger partial charge in [-0.1, -0.05) is 48.0 Å². The first kappa shape index (κ1) is 20.2. The molecule has 1 fully saturated rings. The lowest BCUT2D eigenvalue weighted by Gasteiger charge is -2.14. The quantitative estimate of drug-likeness (QED) is 0.608. The van der Waals surface area contributed by atoms with Gasteiger partial charge in [0.2, 0.25) is 0 Å². The number of carbonyl (C=O) groups is 1. The summed E-state index contributed by atoms with van der Waals surface area (Å²) < 4.78 is 1.45. The van der Waals surface area contributed by atoms with Crippen LogP contribution in [0.15, 0.2) is 59.5 Å². The van der Waals surface area contributed by atoms with E-state index in [1.165, 1.54) is 10.8 Å². The number of aromatic nitrogens is 2. The molecule has 0 aliphatic heterocycles. The third-order valence-electron chi connectivity index (χ3n) is 5.07. The molecule has 3 aromatic rings. The summed E-state index contributed by atoms with van der Waals surface area (Å²) in [6, 6.07) is 15.6. The Bertz CT molecular complexity index is 1120. The number of rotatable bonds is 7.